The molecule has 0 bridgehead atoms. The lowest BCUT2D eigenvalue weighted by Gasteiger charge is -2.22. The van der Waals surface area contributed by atoms with Crippen LogP contribution in [0.4, 0.5) is 0 Å². The van der Waals surface area contributed by atoms with E-state index in [2.05, 4.69) is 26.6 Å². The molecular formula is C22H29BrN2O4. The number of aliphatic hydroxyl groups excluding tert-OH is 1. The number of methoxy groups -OCH3 is 1. The maximum atomic E-state index is 12.2. The van der Waals surface area contributed by atoms with Gasteiger partial charge < -0.3 is 25.2 Å². The predicted octanol–water partition coefficient (Wildman–Crippen LogP) is 3.57. The summed E-state index contributed by atoms with van der Waals surface area (Å²) in [4.78, 5) is 12.2. The Hall–Kier alpha value is -2.09. The van der Waals surface area contributed by atoms with Gasteiger partial charge in [0.25, 0.3) is 5.91 Å². The van der Waals surface area contributed by atoms with E-state index >= 15 is 0 Å². The zero-order chi connectivity index (χ0) is 21.4. The summed E-state index contributed by atoms with van der Waals surface area (Å²) in [6.07, 6.45) is -0.623. The molecule has 0 radical (unpaired) electrons. The molecule has 3 N–H and O–H groups in total. The van der Waals surface area contributed by atoms with Gasteiger partial charge >= 0.3 is 0 Å². The van der Waals surface area contributed by atoms with Gasteiger partial charge in [0.2, 0.25) is 0 Å². The molecule has 1 unspecified atom stereocenters. The van der Waals surface area contributed by atoms with Crippen molar-refractivity contribution >= 4 is 21.8 Å². The lowest BCUT2D eigenvalue weighted by atomic mass is 10.1. The molecule has 0 saturated carbocycles. The number of halogens is 1. The largest absolute Gasteiger partial charge is 0.493 e. The second-order valence-electron chi connectivity index (χ2n) is 7.70. The zero-order valence-electron chi connectivity index (χ0n) is 17.3. The van der Waals surface area contributed by atoms with Crippen molar-refractivity contribution in [3.8, 4) is 11.5 Å². The summed E-state index contributed by atoms with van der Waals surface area (Å²) in [5.74, 6) is 0.822. The molecule has 0 aromatic heterocycles. The molecule has 0 saturated heterocycles. The van der Waals surface area contributed by atoms with E-state index in [0.29, 0.717) is 24.6 Å². The first-order chi connectivity index (χ1) is 13.7. The summed E-state index contributed by atoms with van der Waals surface area (Å²) in [7, 11) is 1.56. The predicted molar refractivity (Wildman–Crippen MR) is 117 cm³/mol. The van der Waals surface area contributed by atoms with E-state index < -0.39 is 6.10 Å². The molecule has 7 heteroatoms. The van der Waals surface area contributed by atoms with Crippen LogP contribution in [0.1, 0.15) is 38.0 Å². The highest BCUT2D eigenvalue weighted by Gasteiger charge is 2.19. The van der Waals surface area contributed by atoms with Crippen LogP contribution in [0.2, 0.25) is 0 Å². The third-order valence-corrected chi connectivity index (χ3v) is 4.82. The van der Waals surface area contributed by atoms with Crippen LogP contribution in [0.15, 0.2) is 46.9 Å². The van der Waals surface area contributed by atoms with E-state index in [1.807, 2.05) is 57.2 Å². The minimum Gasteiger partial charge on any atom is -0.493 e. The van der Waals surface area contributed by atoms with Crippen LogP contribution in [0, 0.1) is 0 Å². The van der Waals surface area contributed by atoms with Crippen molar-refractivity contribution in [1.29, 1.82) is 0 Å². The number of ether oxygens (including phenoxy) is 2. The number of carbonyl (C=O) groups excluding carboxylic acids is 1. The molecular weight excluding hydrogens is 436 g/mol. The summed E-state index contributed by atoms with van der Waals surface area (Å²) in [6, 6.07) is 13.1. The summed E-state index contributed by atoms with van der Waals surface area (Å²) in [5.41, 5.74) is 1.33. The third-order valence-electron chi connectivity index (χ3n) is 4.07. The fourth-order valence-electron chi connectivity index (χ4n) is 2.78. The maximum Gasteiger partial charge on any atom is 0.258 e. The van der Waals surface area contributed by atoms with Gasteiger partial charge in [-0.1, -0.05) is 46.3 Å². The highest BCUT2D eigenvalue weighted by atomic mass is 79.9. The molecule has 2 aromatic rings. The van der Waals surface area contributed by atoms with Crippen LogP contribution in [-0.4, -0.2) is 36.8 Å². The van der Waals surface area contributed by atoms with E-state index in [1.54, 1.807) is 13.2 Å². The maximum absolute atomic E-state index is 12.2. The molecule has 2 rings (SSSR count). The Kier molecular flexibility index (Phi) is 8.49. The Morgan fingerprint density at radius 2 is 1.86 bits per heavy atom. The first kappa shape index (κ1) is 23.2. The van der Waals surface area contributed by atoms with Crippen molar-refractivity contribution in [3.63, 3.8) is 0 Å². The van der Waals surface area contributed by atoms with Crippen molar-refractivity contribution in [2.45, 2.75) is 39.0 Å². The van der Waals surface area contributed by atoms with Crippen LogP contribution in [-0.2, 0) is 11.3 Å². The van der Waals surface area contributed by atoms with Crippen LogP contribution < -0.4 is 20.1 Å². The molecule has 0 aliphatic rings. The molecule has 0 spiro atoms. The number of hydrogen-bond donors (Lipinski definition) is 3. The van der Waals surface area contributed by atoms with Crippen LogP contribution >= 0.6 is 15.9 Å². The molecule has 0 fully saturated rings. The number of aliphatic hydroxyl groups is 1. The second kappa shape index (κ2) is 10.6. The molecule has 2 aromatic carbocycles. The van der Waals surface area contributed by atoms with E-state index in [-0.39, 0.29) is 18.1 Å². The topological polar surface area (TPSA) is 79.8 Å². The van der Waals surface area contributed by atoms with Gasteiger partial charge in [-0.25, -0.2) is 0 Å². The standard InChI is InChI=1S/C22H29BrN2O4/c1-22(2,3)25-20(27)14-29-21-16(17(23)10-11-19(21)28-4)12-24-13-18(26)15-8-6-5-7-9-15/h5-11,18,24,26H,12-14H2,1-4H3,(H,25,27). The van der Waals surface area contributed by atoms with Crippen molar-refractivity contribution in [1.82, 2.24) is 10.6 Å². The Morgan fingerprint density at radius 1 is 1.17 bits per heavy atom. The number of amides is 1. The van der Waals surface area contributed by atoms with Gasteiger partial charge in [0.05, 0.1) is 13.2 Å². The van der Waals surface area contributed by atoms with Gasteiger partial charge in [-0.05, 0) is 38.5 Å². The van der Waals surface area contributed by atoms with E-state index in [1.165, 1.54) is 0 Å². The van der Waals surface area contributed by atoms with Gasteiger partial charge in [0, 0.05) is 28.7 Å². The van der Waals surface area contributed by atoms with Crippen LogP contribution in [0.25, 0.3) is 0 Å². The first-order valence-corrected chi connectivity index (χ1v) is 10.2. The van der Waals surface area contributed by atoms with Gasteiger partial charge in [0.1, 0.15) is 0 Å². The van der Waals surface area contributed by atoms with Crippen molar-refractivity contribution in [2.75, 3.05) is 20.3 Å². The lowest BCUT2D eigenvalue weighted by Crippen LogP contribution is -2.43. The quantitative estimate of drug-likeness (QED) is 0.528. The average molecular weight is 465 g/mol. The van der Waals surface area contributed by atoms with Crippen LogP contribution in [0.3, 0.4) is 0 Å². The number of carbonyl (C=O) groups is 1. The van der Waals surface area contributed by atoms with E-state index in [9.17, 15) is 9.90 Å². The van der Waals surface area contributed by atoms with E-state index in [0.717, 1.165) is 15.6 Å². The number of benzene rings is 2. The van der Waals surface area contributed by atoms with Crippen molar-refractivity contribution in [3.05, 3.63) is 58.1 Å². The smallest absolute Gasteiger partial charge is 0.258 e. The Labute approximate surface area is 180 Å². The molecule has 1 atom stereocenters. The Balaban J connectivity index is 2.07. The average Bonchev–Trinajstić information content (AvgIpc) is 2.67. The number of hydrogen-bond acceptors (Lipinski definition) is 5. The highest BCUT2D eigenvalue weighted by molar-refractivity contribution is 9.10. The van der Waals surface area contributed by atoms with Gasteiger partial charge in [0.15, 0.2) is 18.1 Å². The van der Waals surface area contributed by atoms with Gasteiger partial charge in [-0.15, -0.1) is 0 Å². The van der Waals surface area contributed by atoms with Crippen LogP contribution in [0.5, 0.6) is 11.5 Å². The fraction of sp³-hybridized carbons (Fsp3) is 0.409. The summed E-state index contributed by atoms with van der Waals surface area (Å²) in [6.45, 7) is 6.42. The molecule has 6 nitrogen and oxygen atoms in total. The second-order valence-corrected chi connectivity index (χ2v) is 8.56. The highest BCUT2D eigenvalue weighted by Crippen LogP contribution is 2.36. The SMILES string of the molecule is COc1ccc(Br)c(CNCC(O)c2ccccc2)c1OCC(=O)NC(C)(C)C. The Bertz CT molecular complexity index is 806. The fourth-order valence-corrected chi connectivity index (χ4v) is 3.24. The number of rotatable bonds is 9. The Morgan fingerprint density at radius 3 is 2.48 bits per heavy atom. The third kappa shape index (κ3) is 7.34. The minimum atomic E-state index is -0.623. The van der Waals surface area contributed by atoms with Gasteiger partial charge in [-0.3, -0.25) is 4.79 Å². The van der Waals surface area contributed by atoms with Crippen molar-refractivity contribution in [2.24, 2.45) is 0 Å². The van der Waals surface area contributed by atoms with E-state index in [4.69, 9.17) is 9.47 Å². The monoisotopic (exact) mass is 464 g/mol. The minimum absolute atomic E-state index is 0.121. The summed E-state index contributed by atoms with van der Waals surface area (Å²) >= 11 is 3.54. The summed E-state index contributed by atoms with van der Waals surface area (Å²) in [5, 5.41) is 16.5. The molecule has 0 aliphatic heterocycles. The lowest BCUT2D eigenvalue weighted by molar-refractivity contribution is -0.124. The number of nitrogens with one attached hydrogen (secondary N) is 2. The molecule has 1 amide bonds. The van der Waals surface area contributed by atoms with Crippen molar-refractivity contribution < 1.29 is 19.4 Å². The molecule has 0 heterocycles. The first-order valence-electron chi connectivity index (χ1n) is 9.44. The molecule has 0 aliphatic carbocycles. The molecule has 158 valence electrons. The van der Waals surface area contributed by atoms with Gasteiger partial charge in [-0.2, -0.15) is 0 Å². The zero-order valence-corrected chi connectivity index (χ0v) is 18.9. The normalized spacial score (nSPS) is 12.3. The summed E-state index contributed by atoms with van der Waals surface area (Å²) < 4.78 is 12.1. The molecule has 29 heavy (non-hydrogen) atoms.